The first-order valence-electron chi connectivity index (χ1n) is 4.80. The van der Waals surface area contributed by atoms with Crippen molar-refractivity contribution >= 4 is 11.4 Å². The van der Waals surface area contributed by atoms with Crippen LogP contribution >= 0.6 is 0 Å². The number of anilines is 2. The number of aryl methyl sites for hydroxylation is 1. The second-order valence-electron chi connectivity index (χ2n) is 3.96. The van der Waals surface area contributed by atoms with E-state index in [0.29, 0.717) is 17.3 Å². The molecule has 14 heavy (non-hydrogen) atoms. The Morgan fingerprint density at radius 1 is 1.43 bits per heavy atom. The lowest BCUT2D eigenvalue weighted by atomic mass is 10.1. The maximum Gasteiger partial charge on any atom is 0.148 e. The Labute approximate surface area is 84.3 Å². The minimum atomic E-state index is -0.284. The van der Waals surface area contributed by atoms with Gasteiger partial charge in [0.05, 0.1) is 5.69 Å². The molecule has 78 valence electrons. The Bertz CT molecular complexity index is 321. The Kier molecular flexibility index (Phi) is 3.33. The van der Waals surface area contributed by atoms with Gasteiger partial charge in [-0.1, -0.05) is 13.8 Å². The lowest BCUT2D eigenvalue weighted by Crippen LogP contribution is -2.09. The summed E-state index contributed by atoms with van der Waals surface area (Å²) in [4.78, 5) is 0. The highest BCUT2D eigenvalue weighted by molar-refractivity contribution is 5.57. The molecule has 0 amide bonds. The van der Waals surface area contributed by atoms with E-state index in [1.807, 2.05) is 6.92 Å². The minimum Gasteiger partial charge on any atom is -0.398 e. The molecule has 0 spiro atoms. The molecule has 0 aliphatic rings. The van der Waals surface area contributed by atoms with Crippen LogP contribution in [0.4, 0.5) is 15.8 Å². The predicted molar refractivity (Wildman–Crippen MR) is 58.9 cm³/mol. The third-order valence-corrected chi connectivity index (χ3v) is 2.06. The Hall–Kier alpha value is -1.25. The first kappa shape index (κ1) is 10.8. The van der Waals surface area contributed by atoms with Gasteiger partial charge in [-0.2, -0.15) is 0 Å². The summed E-state index contributed by atoms with van der Waals surface area (Å²) in [6.07, 6.45) is 0. The Morgan fingerprint density at radius 2 is 2.07 bits per heavy atom. The van der Waals surface area contributed by atoms with Crippen molar-refractivity contribution in [2.24, 2.45) is 5.92 Å². The summed E-state index contributed by atoms with van der Waals surface area (Å²) < 4.78 is 13.3. The number of nitrogen functional groups attached to an aromatic ring is 1. The van der Waals surface area contributed by atoms with Crippen LogP contribution in [0, 0.1) is 18.7 Å². The summed E-state index contributed by atoms with van der Waals surface area (Å²) in [6.45, 7) is 6.79. The number of nitrogens with two attached hydrogens (primary N) is 1. The summed E-state index contributed by atoms with van der Waals surface area (Å²) in [5.74, 6) is 0.209. The quantitative estimate of drug-likeness (QED) is 0.729. The van der Waals surface area contributed by atoms with E-state index >= 15 is 0 Å². The number of hydrogen-bond acceptors (Lipinski definition) is 2. The van der Waals surface area contributed by atoms with Gasteiger partial charge in [0, 0.05) is 12.2 Å². The van der Waals surface area contributed by atoms with Crippen molar-refractivity contribution in [1.29, 1.82) is 0 Å². The van der Waals surface area contributed by atoms with Gasteiger partial charge in [-0.15, -0.1) is 0 Å². The number of rotatable bonds is 3. The second kappa shape index (κ2) is 4.31. The molecule has 0 saturated carbocycles. The van der Waals surface area contributed by atoms with Gasteiger partial charge >= 0.3 is 0 Å². The van der Waals surface area contributed by atoms with Crippen molar-refractivity contribution in [3.63, 3.8) is 0 Å². The molecule has 0 saturated heterocycles. The summed E-state index contributed by atoms with van der Waals surface area (Å²) in [5.41, 5.74) is 7.51. The normalized spacial score (nSPS) is 10.6. The SMILES string of the molecule is Cc1cc(NCC(C)C)c(F)cc1N. The van der Waals surface area contributed by atoms with E-state index < -0.39 is 0 Å². The van der Waals surface area contributed by atoms with Gasteiger partial charge < -0.3 is 11.1 Å². The van der Waals surface area contributed by atoms with E-state index in [0.717, 1.165) is 12.1 Å². The van der Waals surface area contributed by atoms with Gasteiger partial charge in [0.1, 0.15) is 5.82 Å². The van der Waals surface area contributed by atoms with E-state index in [2.05, 4.69) is 19.2 Å². The molecule has 2 nitrogen and oxygen atoms in total. The fraction of sp³-hybridized carbons (Fsp3) is 0.455. The van der Waals surface area contributed by atoms with Crippen molar-refractivity contribution < 1.29 is 4.39 Å². The highest BCUT2D eigenvalue weighted by atomic mass is 19.1. The standard InChI is InChI=1S/C11H17FN2/c1-7(2)6-14-11-4-8(3)10(13)5-9(11)12/h4-5,7,14H,6,13H2,1-3H3. The second-order valence-corrected chi connectivity index (χ2v) is 3.96. The van der Waals surface area contributed by atoms with Crippen molar-refractivity contribution in [3.8, 4) is 0 Å². The highest BCUT2D eigenvalue weighted by Gasteiger charge is 2.05. The molecule has 0 aliphatic carbocycles. The van der Waals surface area contributed by atoms with Gasteiger partial charge in [0.2, 0.25) is 0 Å². The average molecular weight is 196 g/mol. The number of benzene rings is 1. The molecule has 0 heterocycles. The van der Waals surface area contributed by atoms with Crippen LogP contribution in [-0.2, 0) is 0 Å². The van der Waals surface area contributed by atoms with Crippen molar-refractivity contribution in [2.45, 2.75) is 20.8 Å². The summed E-state index contributed by atoms with van der Waals surface area (Å²) >= 11 is 0. The first-order valence-corrected chi connectivity index (χ1v) is 4.80. The van der Waals surface area contributed by atoms with Crippen molar-refractivity contribution in [2.75, 3.05) is 17.6 Å². The van der Waals surface area contributed by atoms with Crippen LogP contribution in [0.3, 0.4) is 0 Å². The predicted octanol–water partition coefficient (Wildman–Crippen LogP) is 2.78. The zero-order valence-electron chi connectivity index (χ0n) is 8.89. The minimum absolute atomic E-state index is 0.284. The molecule has 1 rings (SSSR count). The molecular formula is C11H17FN2. The smallest absolute Gasteiger partial charge is 0.148 e. The molecule has 0 radical (unpaired) electrons. The molecule has 3 N–H and O–H groups in total. The van der Waals surface area contributed by atoms with E-state index in [1.165, 1.54) is 6.07 Å². The fourth-order valence-electron chi connectivity index (χ4n) is 1.15. The highest BCUT2D eigenvalue weighted by Crippen LogP contribution is 2.21. The van der Waals surface area contributed by atoms with Crippen LogP contribution in [0.5, 0.6) is 0 Å². The molecule has 1 aromatic carbocycles. The van der Waals surface area contributed by atoms with Crippen LogP contribution in [0.2, 0.25) is 0 Å². The third-order valence-electron chi connectivity index (χ3n) is 2.06. The summed E-state index contributed by atoms with van der Waals surface area (Å²) in [5, 5.41) is 3.05. The largest absolute Gasteiger partial charge is 0.398 e. The van der Waals surface area contributed by atoms with Gasteiger partial charge in [0.15, 0.2) is 0 Å². The average Bonchev–Trinajstić information content (AvgIpc) is 2.09. The number of nitrogens with one attached hydrogen (secondary N) is 1. The zero-order valence-corrected chi connectivity index (χ0v) is 8.89. The molecule has 0 atom stereocenters. The van der Waals surface area contributed by atoms with Crippen LogP contribution in [-0.4, -0.2) is 6.54 Å². The molecule has 0 bridgehead atoms. The molecule has 0 aromatic heterocycles. The Balaban J connectivity index is 2.82. The lowest BCUT2D eigenvalue weighted by molar-refractivity contribution is 0.624. The van der Waals surface area contributed by atoms with Crippen molar-refractivity contribution in [1.82, 2.24) is 0 Å². The molecule has 0 aliphatic heterocycles. The van der Waals surface area contributed by atoms with Gasteiger partial charge in [-0.3, -0.25) is 0 Å². The first-order chi connectivity index (χ1) is 6.50. The maximum absolute atomic E-state index is 13.3. The lowest BCUT2D eigenvalue weighted by Gasteiger charge is -2.11. The van der Waals surface area contributed by atoms with Crippen LogP contribution in [0.1, 0.15) is 19.4 Å². The van der Waals surface area contributed by atoms with Crippen LogP contribution in [0.15, 0.2) is 12.1 Å². The third kappa shape index (κ3) is 2.62. The monoisotopic (exact) mass is 196 g/mol. The van der Waals surface area contributed by atoms with E-state index in [4.69, 9.17) is 5.73 Å². The van der Waals surface area contributed by atoms with Gasteiger partial charge in [-0.25, -0.2) is 4.39 Å². The molecule has 0 unspecified atom stereocenters. The molecule has 0 fully saturated rings. The van der Waals surface area contributed by atoms with E-state index in [-0.39, 0.29) is 5.82 Å². The van der Waals surface area contributed by atoms with E-state index in [1.54, 1.807) is 6.07 Å². The molecule has 1 aromatic rings. The number of halogens is 1. The Morgan fingerprint density at radius 3 is 2.64 bits per heavy atom. The van der Waals surface area contributed by atoms with Crippen LogP contribution < -0.4 is 11.1 Å². The van der Waals surface area contributed by atoms with E-state index in [9.17, 15) is 4.39 Å². The number of hydrogen-bond donors (Lipinski definition) is 2. The summed E-state index contributed by atoms with van der Waals surface area (Å²) in [7, 11) is 0. The zero-order chi connectivity index (χ0) is 10.7. The van der Waals surface area contributed by atoms with Gasteiger partial charge in [-0.05, 0) is 30.5 Å². The topological polar surface area (TPSA) is 38.0 Å². The van der Waals surface area contributed by atoms with Crippen molar-refractivity contribution in [3.05, 3.63) is 23.5 Å². The van der Waals surface area contributed by atoms with Crippen LogP contribution in [0.25, 0.3) is 0 Å². The fourth-order valence-corrected chi connectivity index (χ4v) is 1.15. The molecule has 3 heteroatoms. The van der Waals surface area contributed by atoms with Gasteiger partial charge in [0.25, 0.3) is 0 Å². The molecular weight excluding hydrogens is 179 g/mol. The summed E-state index contributed by atoms with van der Waals surface area (Å²) in [6, 6.07) is 3.10. The maximum atomic E-state index is 13.3.